The number of aliphatic hydroxyl groups is 1. The van der Waals surface area contributed by atoms with E-state index in [0.717, 1.165) is 57.7 Å². The van der Waals surface area contributed by atoms with Gasteiger partial charge in [0.25, 0.3) is 0 Å². The molecule has 1 aliphatic carbocycles. The zero-order valence-corrected chi connectivity index (χ0v) is 19.6. The van der Waals surface area contributed by atoms with Crippen molar-refractivity contribution in [1.82, 2.24) is 9.80 Å². The van der Waals surface area contributed by atoms with Gasteiger partial charge in [-0.25, -0.2) is 0 Å². The van der Waals surface area contributed by atoms with Crippen LogP contribution in [0.1, 0.15) is 36.3 Å². The molecule has 2 aromatic rings. The van der Waals surface area contributed by atoms with Gasteiger partial charge in [0.2, 0.25) is 0 Å². The van der Waals surface area contributed by atoms with Crippen molar-refractivity contribution in [3.8, 4) is 5.75 Å². The normalized spacial score (nSPS) is 19.6. The molecule has 170 valence electrons. The summed E-state index contributed by atoms with van der Waals surface area (Å²) >= 11 is 8.53. The topological polar surface area (TPSA) is 45.2 Å². The molecule has 1 atom stereocenters. The minimum atomic E-state index is -0.568. The summed E-state index contributed by atoms with van der Waals surface area (Å²) < 4.78 is 9.24. The van der Waals surface area contributed by atoms with Crippen LogP contribution in [0, 0.1) is 0 Å². The quantitative estimate of drug-likeness (QED) is 0.633. The zero-order chi connectivity index (χ0) is 22.1. The van der Waals surface area contributed by atoms with Crippen LogP contribution in [0.2, 0.25) is 0 Å². The molecule has 0 amide bonds. The van der Waals surface area contributed by atoms with Gasteiger partial charge < -0.3 is 19.6 Å². The van der Waals surface area contributed by atoms with Gasteiger partial charge in [-0.2, -0.15) is 3.84 Å². The second-order valence-electron chi connectivity index (χ2n) is 8.52. The number of halogens is 2. The number of rotatable bonds is 7. The second kappa shape index (κ2) is 12.0. The van der Waals surface area contributed by atoms with Crippen molar-refractivity contribution in [2.24, 2.45) is 0 Å². The average molecular weight is 467 g/mol. The molecule has 1 aliphatic heterocycles. The maximum Gasteiger partial charge on any atom is 0.120 e. The van der Waals surface area contributed by atoms with Crippen LogP contribution in [-0.2, 0) is 10.4 Å². The minimum absolute atomic E-state index is 0.143. The number of likely N-dealkylation sites (N-methyl/N-ethyl adjacent to an activating group) is 1. The van der Waals surface area contributed by atoms with Gasteiger partial charge in [0, 0.05) is 38.6 Å². The van der Waals surface area contributed by atoms with E-state index in [1.807, 2.05) is 24.3 Å². The fourth-order valence-electron chi connectivity index (χ4n) is 4.32. The fraction of sp³-hybridized carbons (Fsp3) is 0.500. The lowest BCUT2D eigenvalue weighted by atomic mass is 9.68. The fourth-order valence-corrected chi connectivity index (χ4v) is 4.32. The van der Waals surface area contributed by atoms with Crippen LogP contribution in [0.25, 0.3) is 0 Å². The molecule has 1 N–H and O–H groups in total. The number of benzene rings is 2. The first kappa shape index (κ1) is 24.3. The van der Waals surface area contributed by atoms with Crippen LogP contribution < -0.4 is 4.74 Å². The summed E-state index contributed by atoms with van der Waals surface area (Å²) in [5.74, 6) is 1.03. The smallest absolute Gasteiger partial charge is 0.120 e. The number of hydrogen-bond donors (Lipinski definition) is 1. The average Bonchev–Trinajstić information content (AvgIpc) is 2.77. The number of hydrogen-bond acceptors (Lipinski definition) is 5. The van der Waals surface area contributed by atoms with Crippen molar-refractivity contribution in [3.05, 3.63) is 65.7 Å². The van der Waals surface area contributed by atoms with Crippen molar-refractivity contribution >= 4 is 23.7 Å². The largest absolute Gasteiger partial charge is 0.489 e. The van der Waals surface area contributed by atoms with Crippen LogP contribution in [-0.4, -0.2) is 60.3 Å². The molecule has 0 radical (unpaired) electrons. The molecule has 2 aliphatic rings. The molecule has 2 fully saturated rings. The summed E-state index contributed by atoms with van der Waals surface area (Å²) in [5, 5.41) is 11.2. The maximum atomic E-state index is 11.2. The van der Waals surface area contributed by atoms with E-state index in [-0.39, 0.29) is 5.92 Å². The van der Waals surface area contributed by atoms with Crippen molar-refractivity contribution in [3.63, 3.8) is 0 Å². The van der Waals surface area contributed by atoms with Crippen LogP contribution in [0.4, 0.5) is 0 Å². The third-order valence-electron chi connectivity index (χ3n) is 6.41. The van der Waals surface area contributed by atoms with E-state index in [9.17, 15) is 5.11 Å². The molecule has 0 bridgehead atoms. The summed E-state index contributed by atoms with van der Waals surface area (Å²) in [6, 6.07) is 18.6. The van der Waals surface area contributed by atoms with Crippen LogP contribution in [0.5, 0.6) is 5.75 Å². The van der Waals surface area contributed by atoms with Gasteiger partial charge in [0.05, 0.1) is 29.3 Å². The van der Waals surface area contributed by atoms with E-state index in [2.05, 4.69) is 74.8 Å². The highest BCUT2D eigenvalue weighted by molar-refractivity contribution is 6.24. The molecule has 5 nitrogen and oxygen atoms in total. The van der Waals surface area contributed by atoms with Gasteiger partial charge in [-0.05, 0) is 49.6 Å². The summed E-state index contributed by atoms with van der Waals surface area (Å²) in [6.45, 7) is 5.85. The Morgan fingerprint density at radius 2 is 1.68 bits per heavy atom. The van der Waals surface area contributed by atoms with E-state index in [4.69, 9.17) is 4.74 Å². The Bertz CT molecular complexity index is 781. The SMILES string of the molecule is CN1CCN(CC(c2cccc(OCc3ccccc3)c2)C2(O)CCC2)CC1.ClOCl. The minimum Gasteiger partial charge on any atom is -0.489 e. The van der Waals surface area contributed by atoms with Gasteiger partial charge in [-0.3, -0.25) is 0 Å². The Labute approximate surface area is 195 Å². The summed E-state index contributed by atoms with van der Waals surface area (Å²) in [4.78, 5) is 4.89. The molecule has 1 heterocycles. The highest BCUT2D eigenvalue weighted by Crippen LogP contribution is 2.44. The molecule has 31 heavy (non-hydrogen) atoms. The molecule has 2 aromatic carbocycles. The number of piperazine rings is 1. The molecular formula is C24H32Cl2N2O3. The van der Waals surface area contributed by atoms with Crippen molar-refractivity contribution in [2.75, 3.05) is 39.8 Å². The molecule has 7 heteroatoms. The van der Waals surface area contributed by atoms with E-state index in [0.29, 0.717) is 6.61 Å². The molecule has 1 saturated heterocycles. The lowest BCUT2D eigenvalue weighted by molar-refractivity contribution is -0.0665. The molecule has 1 unspecified atom stereocenters. The Hall–Kier alpha value is -1.34. The molecule has 0 spiro atoms. The summed E-state index contributed by atoms with van der Waals surface area (Å²) in [6.07, 6.45) is 2.93. The van der Waals surface area contributed by atoms with Crippen LogP contribution >= 0.6 is 23.7 Å². The van der Waals surface area contributed by atoms with E-state index in [1.54, 1.807) is 0 Å². The Kier molecular flexibility index (Phi) is 9.45. The Balaban J connectivity index is 0.000000858. The van der Waals surface area contributed by atoms with Gasteiger partial charge in [0.15, 0.2) is 0 Å². The third kappa shape index (κ3) is 7.07. The van der Waals surface area contributed by atoms with Gasteiger partial charge in [0.1, 0.15) is 12.4 Å². The highest BCUT2D eigenvalue weighted by atomic mass is 35.6. The standard InChI is InChI=1S/C24H32N2O2.Cl2O/c1-25-13-15-26(16-14-25)18-23(24(27)11-6-12-24)21-9-5-10-22(17-21)28-19-20-7-3-2-4-8-20;1-3-2/h2-5,7-10,17,23,27H,6,11-16,18-19H2,1H3;. The Morgan fingerprint density at radius 3 is 2.29 bits per heavy atom. The van der Waals surface area contributed by atoms with E-state index in [1.165, 1.54) is 11.1 Å². The number of nitrogens with zero attached hydrogens (tertiary/aromatic N) is 2. The van der Waals surface area contributed by atoms with Crippen molar-refractivity contribution in [2.45, 2.75) is 37.4 Å². The lowest BCUT2D eigenvalue weighted by Gasteiger charge is -2.46. The first-order chi connectivity index (χ1) is 15.0. The molecule has 0 aromatic heterocycles. The van der Waals surface area contributed by atoms with Crippen molar-refractivity contribution < 1.29 is 13.7 Å². The first-order valence-corrected chi connectivity index (χ1v) is 11.4. The first-order valence-electron chi connectivity index (χ1n) is 10.8. The number of ether oxygens (including phenoxy) is 1. The van der Waals surface area contributed by atoms with Gasteiger partial charge in [-0.1, -0.05) is 42.5 Å². The predicted molar refractivity (Wildman–Crippen MR) is 125 cm³/mol. The van der Waals surface area contributed by atoms with Crippen LogP contribution in [0.15, 0.2) is 54.6 Å². The Morgan fingerprint density at radius 1 is 1.00 bits per heavy atom. The molecule has 4 rings (SSSR count). The van der Waals surface area contributed by atoms with E-state index >= 15 is 0 Å². The second-order valence-corrected chi connectivity index (χ2v) is 8.99. The third-order valence-corrected chi connectivity index (χ3v) is 6.41. The van der Waals surface area contributed by atoms with Crippen molar-refractivity contribution in [1.29, 1.82) is 0 Å². The van der Waals surface area contributed by atoms with Gasteiger partial charge in [-0.15, -0.1) is 0 Å². The van der Waals surface area contributed by atoms with Gasteiger partial charge >= 0.3 is 0 Å². The maximum absolute atomic E-state index is 11.2. The lowest BCUT2D eigenvalue weighted by Crippen LogP contribution is -2.51. The molecule has 1 saturated carbocycles. The van der Waals surface area contributed by atoms with E-state index < -0.39 is 5.60 Å². The highest BCUT2D eigenvalue weighted by Gasteiger charge is 2.43. The summed E-state index contributed by atoms with van der Waals surface area (Å²) in [5.41, 5.74) is 1.80. The van der Waals surface area contributed by atoms with Crippen LogP contribution in [0.3, 0.4) is 0 Å². The zero-order valence-electron chi connectivity index (χ0n) is 18.1. The summed E-state index contributed by atoms with van der Waals surface area (Å²) in [7, 11) is 2.18. The molecular weight excluding hydrogens is 435 g/mol. The predicted octanol–water partition coefficient (Wildman–Crippen LogP) is 4.82. The monoisotopic (exact) mass is 466 g/mol.